The predicted molar refractivity (Wildman–Crippen MR) is 96.1 cm³/mol. The van der Waals surface area contributed by atoms with Crippen LogP contribution in [0.3, 0.4) is 0 Å². The Kier molecular flexibility index (Phi) is 9.13. The highest BCUT2D eigenvalue weighted by molar-refractivity contribution is 6.03. The first-order chi connectivity index (χ1) is 11.5. The zero-order valence-corrected chi connectivity index (χ0v) is 14.9. The zero-order chi connectivity index (χ0) is 17.9. The molecular weight excluding hydrogens is 304 g/mol. The summed E-state index contributed by atoms with van der Waals surface area (Å²) in [6, 6.07) is 3.22. The molecule has 0 saturated carbocycles. The second-order valence-corrected chi connectivity index (χ2v) is 6.36. The highest BCUT2D eigenvalue weighted by Gasteiger charge is 2.22. The first-order valence-electron chi connectivity index (χ1n) is 9.14. The highest BCUT2D eigenvalue weighted by atomic mass is 16.4. The van der Waals surface area contributed by atoms with Gasteiger partial charge >= 0.3 is 11.9 Å². The standard InChI is InChI=1S/C20H30O4/c1-3-5-6-7-8-9-10-12-16-15(11-4-2)13-14-17(19(21)22)18(16)20(23)24/h13-14H,3-12H2,1-2H3,(H,21,22)(H,23,24). The third-order valence-corrected chi connectivity index (χ3v) is 4.40. The second kappa shape index (κ2) is 10.8. The Bertz CT molecular complexity index is 549. The van der Waals surface area contributed by atoms with Gasteiger partial charge in [0.25, 0.3) is 0 Å². The summed E-state index contributed by atoms with van der Waals surface area (Å²) in [5, 5.41) is 18.8. The van der Waals surface area contributed by atoms with Crippen LogP contribution in [-0.2, 0) is 12.8 Å². The van der Waals surface area contributed by atoms with E-state index in [0.717, 1.165) is 43.2 Å². The molecule has 134 valence electrons. The first-order valence-corrected chi connectivity index (χ1v) is 9.14. The lowest BCUT2D eigenvalue weighted by atomic mass is 9.90. The van der Waals surface area contributed by atoms with Gasteiger partial charge in [0.05, 0.1) is 11.1 Å². The number of carboxylic acids is 2. The molecule has 0 saturated heterocycles. The Morgan fingerprint density at radius 2 is 1.42 bits per heavy atom. The number of carbonyl (C=O) groups is 2. The Balaban J connectivity index is 2.86. The number of benzene rings is 1. The number of aryl methyl sites for hydroxylation is 1. The Hall–Kier alpha value is -1.84. The van der Waals surface area contributed by atoms with Crippen LogP contribution in [0.15, 0.2) is 12.1 Å². The molecule has 0 atom stereocenters. The average molecular weight is 334 g/mol. The lowest BCUT2D eigenvalue weighted by molar-refractivity contribution is 0.0650. The lowest BCUT2D eigenvalue weighted by Gasteiger charge is -2.14. The van der Waals surface area contributed by atoms with Gasteiger partial charge in [0.2, 0.25) is 0 Å². The van der Waals surface area contributed by atoms with E-state index in [9.17, 15) is 19.8 Å². The monoisotopic (exact) mass is 334 g/mol. The summed E-state index contributed by atoms with van der Waals surface area (Å²) < 4.78 is 0. The highest BCUT2D eigenvalue weighted by Crippen LogP contribution is 2.24. The smallest absolute Gasteiger partial charge is 0.336 e. The molecule has 0 aromatic heterocycles. The molecule has 0 unspecified atom stereocenters. The molecule has 0 spiro atoms. The summed E-state index contributed by atoms with van der Waals surface area (Å²) in [5.74, 6) is -2.31. The average Bonchev–Trinajstić information content (AvgIpc) is 2.54. The minimum atomic E-state index is -1.17. The minimum absolute atomic E-state index is 0.0144. The fourth-order valence-electron chi connectivity index (χ4n) is 3.16. The molecule has 0 radical (unpaired) electrons. The normalized spacial score (nSPS) is 10.8. The minimum Gasteiger partial charge on any atom is -0.478 e. The van der Waals surface area contributed by atoms with Gasteiger partial charge in [-0.25, -0.2) is 9.59 Å². The van der Waals surface area contributed by atoms with Gasteiger partial charge in [-0.15, -0.1) is 0 Å². The van der Waals surface area contributed by atoms with Gasteiger partial charge in [0, 0.05) is 0 Å². The fraction of sp³-hybridized carbons (Fsp3) is 0.600. The van der Waals surface area contributed by atoms with Crippen molar-refractivity contribution < 1.29 is 19.8 Å². The number of aromatic carboxylic acids is 2. The second-order valence-electron chi connectivity index (χ2n) is 6.36. The van der Waals surface area contributed by atoms with E-state index in [1.165, 1.54) is 31.7 Å². The third kappa shape index (κ3) is 5.99. The molecule has 0 heterocycles. The maximum absolute atomic E-state index is 11.6. The van der Waals surface area contributed by atoms with Crippen LogP contribution in [-0.4, -0.2) is 22.2 Å². The number of carboxylic acid groups (broad SMARTS) is 2. The Morgan fingerprint density at radius 3 is 1.96 bits per heavy atom. The van der Waals surface area contributed by atoms with Gasteiger partial charge in [-0.3, -0.25) is 0 Å². The van der Waals surface area contributed by atoms with Gasteiger partial charge < -0.3 is 10.2 Å². The maximum Gasteiger partial charge on any atom is 0.336 e. The van der Waals surface area contributed by atoms with Crippen molar-refractivity contribution in [3.8, 4) is 0 Å². The first kappa shape index (κ1) is 20.2. The molecule has 0 aliphatic heterocycles. The molecule has 0 aliphatic carbocycles. The van der Waals surface area contributed by atoms with Gasteiger partial charge in [-0.1, -0.05) is 64.9 Å². The predicted octanol–water partition coefficient (Wildman–Crippen LogP) is 5.33. The Labute approximate surface area is 144 Å². The van der Waals surface area contributed by atoms with Crippen LogP contribution in [0.1, 0.15) is 97.1 Å². The van der Waals surface area contributed by atoms with Crippen LogP contribution in [0.5, 0.6) is 0 Å². The molecule has 1 aromatic carbocycles. The van der Waals surface area contributed by atoms with E-state index in [1.807, 2.05) is 6.92 Å². The molecule has 2 N–H and O–H groups in total. The van der Waals surface area contributed by atoms with Crippen molar-refractivity contribution in [2.24, 2.45) is 0 Å². The van der Waals surface area contributed by atoms with Crippen molar-refractivity contribution in [2.45, 2.75) is 78.1 Å². The zero-order valence-electron chi connectivity index (χ0n) is 14.9. The summed E-state index contributed by atoms with van der Waals surface area (Å²) >= 11 is 0. The fourth-order valence-corrected chi connectivity index (χ4v) is 3.16. The van der Waals surface area contributed by atoms with Crippen LogP contribution >= 0.6 is 0 Å². The lowest BCUT2D eigenvalue weighted by Crippen LogP contribution is -2.14. The van der Waals surface area contributed by atoms with Crippen LogP contribution in [0.2, 0.25) is 0 Å². The molecule has 1 aromatic rings. The van der Waals surface area contributed by atoms with E-state index in [2.05, 4.69) is 6.92 Å². The molecule has 1 rings (SSSR count). The van der Waals surface area contributed by atoms with E-state index >= 15 is 0 Å². The summed E-state index contributed by atoms with van der Waals surface area (Å²) in [6.45, 7) is 4.24. The summed E-state index contributed by atoms with van der Waals surface area (Å²) in [6.07, 6.45) is 10.4. The van der Waals surface area contributed by atoms with E-state index in [4.69, 9.17) is 0 Å². The van der Waals surface area contributed by atoms with Gasteiger partial charge in [0.15, 0.2) is 0 Å². The quantitative estimate of drug-likeness (QED) is 0.507. The van der Waals surface area contributed by atoms with Crippen molar-refractivity contribution in [3.63, 3.8) is 0 Å². The van der Waals surface area contributed by atoms with E-state index in [0.29, 0.717) is 6.42 Å². The van der Waals surface area contributed by atoms with Gasteiger partial charge in [-0.05, 0) is 36.5 Å². The SMILES string of the molecule is CCCCCCCCCc1c(CCC)ccc(C(=O)O)c1C(=O)O. The topological polar surface area (TPSA) is 74.6 Å². The van der Waals surface area contributed by atoms with Crippen molar-refractivity contribution in [1.29, 1.82) is 0 Å². The number of hydrogen-bond donors (Lipinski definition) is 2. The summed E-state index contributed by atoms with van der Waals surface area (Å²) in [7, 11) is 0. The van der Waals surface area contributed by atoms with E-state index in [1.54, 1.807) is 6.07 Å². The van der Waals surface area contributed by atoms with Crippen molar-refractivity contribution >= 4 is 11.9 Å². The number of rotatable bonds is 12. The molecule has 24 heavy (non-hydrogen) atoms. The molecule has 0 fully saturated rings. The van der Waals surface area contributed by atoms with Crippen LogP contribution in [0.25, 0.3) is 0 Å². The molecule has 0 amide bonds. The summed E-state index contributed by atoms with van der Waals surface area (Å²) in [5.41, 5.74) is 1.59. The maximum atomic E-state index is 11.6. The molecule has 4 nitrogen and oxygen atoms in total. The molecular formula is C20H30O4. The van der Waals surface area contributed by atoms with Gasteiger partial charge in [-0.2, -0.15) is 0 Å². The van der Waals surface area contributed by atoms with E-state index in [-0.39, 0.29) is 11.1 Å². The van der Waals surface area contributed by atoms with Crippen LogP contribution < -0.4 is 0 Å². The van der Waals surface area contributed by atoms with Crippen molar-refractivity contribution in [2.75, 3.05) is 0 Å². The van der Waals surface area contributed by atoms with Crippen LogP contribution in [0.4, 0.5) is 0 Å². The molecule has 0 bridgehead atoms. The van der Waals surface area contributed by atoms with Crippen molar-refractivity contribution in [1.82, 2.24) is 0 Å². The van der Waals surface area contributed by atoms with Gasteiger partial charge in [0.1, 0.15) is 0 Å². The molecule has 0 aliphatic rings. The van der Waals surface area contributed by atoms with Crippen molar-refractivity contribution in [3.05, 3.63) is 34.4 Å². The van der Waals surface area contributed by atoms with Crippen LogP contribution in [0, 0.1) is 0 Å². The summed E-state index contributed by atoms with van der Waals surface area (Å²) in [4.78, 5) is 23.0. The largest absolute Gasteiger partial charge is 0.478 e. The van der Waals surface area contributed by atoms with E-state index < -0.39 is 11.9 Å². The Morgan fingerprint density at radius 1 is 0.792 bits per heavy atom. The third-order valence-electron chi connectivity index (χ3n) is 4.40. The molecule has 4 heteroatoms. The number of unbranched alkanes of at least 4 members (excludes halogenated alkanes) is 6. The number of hydrogen-bond acceptors (Lipinski definition) is 2.